The van der Waals surface area contributed by atoms with Gasteiger partial charge in [-0.05, 0) is 50.3 Å². The van der Waals surface area contributed by atoms with Crippen LogP contribution >= 0.6 is 27.5 Å². The number of rotatable bonds is 4. The lowest BCUT2D eigenvalue weighted by Crippen LogP contribution is -2.18. The van der Waals surface area contributed by atoms with Crippen molar-refractivity contribution in [1.82, 2.24) is 0 Å². The molecule has 0 spiro atoms. The third-order valence-electron chi connectivity index (χ3n) is 4.86. The Balaban J connectivity index is 1.51. The summed E-state index contributed by atoms with van der Waals surface area (Å²) in [4.78, 5) is 23.5. The molecule has 0 unspecified atom stereocenters. The normalized spacial score (nSPS) is 12.2. The topological polar surface area (TPSA) is 75.6 Å². The molecule has 1 amide bonds. The third-order valence-corrected chi connectivity index (χ3v) is 5.78. The van der Waals surface area contributed by atoms with Crippen LogP contribution < -0.4 is 5.32 Å². The summed E-state index contributed by atoms with van der Waals surface area (Å²) in [6.07, 6.45) is -0.669. The van der Waals surface area contributed by atoms with E-state index in [2.05, 4.69) is 33.4 Å². The van der Waals surface area contributed by atoms with Crippen LogP contribution in [0.4, 0.5) is 10.5 Å². The molecule has 0 aliphatic heterocycles. The highest BCUT2D eigenvalue weighted by Crippen LogP contribution is 2.44. The van der Waals surface area contributed by atoms with Gasteiger partial charge in [-0.15, -0.1) is 0 Å². The number of benzene rings is 3. The van der Waals surface area contributed by atoms with Gasteiger partial charge in [-0.25, -0.2) is 9.59 Å². The van der Waals surface area contributed by atoms with Crippen LogP contribution in [0.3, 0.4) is 0 Å². The molecule has 29 heavy (non-hydrogen) atoms. The minimum Gasteiger partial charge on any atom is -0.478 e. The number of carbonyl (C=O) groups is 2. The summed E-state index contributed by atoms with van der Waals surface area (Å²) in [7, 11) is 0. The molecule has 3 aromatic carbocycles. The minimum atomic E-state index is -1.11. The monoisotopic (exact) mass is 471 g/mol. The Hall–Kier alpha value is -2.83. The number of anilines is 1. The maximum atomic E-state index is 12.4. The van der Waals surface area contributed by atoms with Crippen LogP contribution in [0.1, 0.15) is 27.4 Å². The Morgan fingerprint density at radius 2 is 1.62 bits per heavy atom. The van der Waals surface area contributed by atoms with Crippen molar-refractivity contribution < 1.29 is 19.4 Å². The van der Waals surface area contributed by atoms with Crippen LogP contribution in [-0.4, -0.2) is 23.8 Å². The SMILES string of the molecule is O=C(Nc1c(Cl)cc(C(=O)O)cc1Br)OCC1c2ccccc2-c2ccccc21. The number of amides is 1. The maximum Gasteiger partial charge on any atom is 0.411 e. The van der Waals surface area contributed by atoms with Crippen molar-refractivity contribution in [2.75, 3.05) is 11.9 Å². The highest BCUT2D eigenvalue weighted by molar-refractivity contribution is 9.10. The quantitative estimate of drug-likeness (QED) is 0.477. The summed E-state index contributed by atoms with van der Waals surface area (Å²) >= 11 is 9.36. The summed E-state index contributed by atoms with van der Waals surface area (Å²) in [5.41, 5.74) is 4.80. The van der Waals surface area contributed by atoms with E-state index in [1.807, 2.05) is 36.4 Å². The van der Waals surface area contributed by atoms with Crippen LogP contribution in [-0.2, 0) is 4.74 Å². The summed E-state index contributed by atoms with van der Waals surface area (Å²) in [5.74, 6) is -1.17. The molecule has 0 fully saturated rings. The number of ether oxygens (including phenoxy) is 1. The van der Waals surface area contributed by atoms with Crippen molar-refractivity contribution >= 4 is 45.3 Å². The van der Waals surface area contributed by atoms with Gasteiger partial charge in [-0.3, -0.25) is 5.32 Å². The minimum absolute atomic E-state index is 0.0139. The lowest BCUT2D eigenvalue weighted by atomic mass is 9.98. The molecule has 0 saturated carbocycles. The van der Waals surface area contributed by atoms with Crippen molar-refractivity contribution in [1.29, 1.82) is 0 Å². The molecule has 3 aromatic rings. The van der Waals surface area contributed by atoms with E-state index in [1.165, 1.54) is 12.1 Å². The predicted molar refractivity (Wildman–Crippen MR) is 115 cm³/mol. The largest absolute Gasteiger partial charge is 0.478 e. The molecule has 0 aromatic heterocycles. The molecule has 146 valence electrons. The molecule has 7 heteroatoms. The number of hydrogen-bond acceptors (Lipinski definition) is 3. The number of fused-ring (bicyclic) bond motifs is 3. The van der Waals surface area contributed by atoms with E-state index in [-0.39, 0.29) is 28.8 Å². The first kappa shape index (κ1) is 19.5. The Bertz CT molecular complexity index is 1060. The van der Waals surface area contributed by atoms with Gasteiger partial charge >= 0.3 is 12.1 Å². The summed E-state index contributed by atoms with van der Waals surface area (Å²) in [6, 6.07) is 18.8. The molecular weight excluding hydrogens is 458 g/mol. The van der Waals surface area contributed by atoms with Crippen LogP contribution in [0, 0.1) is 0 Å². The van der Waals surface area contributed by atoms with Gasteiger partial charge in [0.25, 0.3) is 0 Å². The van der Waals surface area contributed by atoms with Gasteiger partial charge in [0.1, 0.15) is 6.61 Å². The van der Waals surface area contributed by atoms with E-state index in [1.54, 1.807) is 0 Å². The highest BCUT2D eigenvalue weighted by atomic mass is 79.9. The van der Waals surface area contributed by atoms with Crippen molar-refractivity contribution in [2.45, 2.75) is 5.92 Å². The van der Waals surface area contributed by atoms with Crippen LogP contribution in [0.15, 0.2) is 65.1 Å². The van der Waals surface area contributed by atoms with Crippen LogP contribution in [0.25, 0.3) is 11.1 Å². The van der Waals surface area contributed by atoms with Gasteiger partial charge < -0.3 is 9.84 Å². The summed E-state index contributed by atoms with van der Waals surface area (Å²) in [5, 5.41) is 11.8. The molecular formula is C22H15BrClNO4. The van der Waals surface area contributed by atoms with Crippen molar-refractivity contribution in [3.05, 3.63) is 86.8 Å². The Morgan fingerprint density at radius 1 is 1.03 bits per heavy atom. The smallest absolute Gasteiger partial charge is 0.411 e. The van der Waals surface area contributed by atoms with Crippen molar-refractivity contribution in [2.24, 2.45) is 0 Å². The third kappa shape index (κ3) is 3.73. The first-order valence-electron chi connectivity index (χ1n) is 8.80. The molecule has 5 nitrogen and oxygen atoms in total. The fourth-order valence-corrected chi connectivity index (χ4v) is 4.49. The number of nitrogens with one attached hydrogen (secondary N) is 1. The standard InChI is InChI=1S/C22H15BrClNO4/c23-18-9-12(21(26)27)10-19(24)20(18)25-22(28)29-11-17-15-7-3-1-5-13(15)14-6-2-4-8-16(14)17/h1-10,17H,11H2,(H,25,28)(H,26,27). The predicted octanol–water partition coefficient (Wildman–Crippen LogP) is 6.16. The Kier molecular flexibility index (Phi) is 5.30. The average molecular weight is 473 g/mol. The highest BCUT2D eigenvalue weighted by Gasteiger charge is 2.29. The van der Waals surface area contributed by atoms with Gasteiger partial charge in [-0.2, -0.15) is 0 Å². The molecule has 1 aliphatic carbocycles. The lowest BCUT2D eigenvalue weighted by Gasteiger charge is -2.15. The van der Waals surface area contributed by atoms with Gasteiger partial charge in [0.05, 0.1) is 16.3 Å². The zero-order valence-electron chi connectivity index (χ0n) is 15.0. The van der Waals surface area contributed by atoms with E-state index in [0.29, 0.717) is 4.47 Å². The second kappa shape index (κ2) is 7.89. The second-order valence-electron chi connectivity index (χ2n) is 6.57. The second-order valence-corrected chi connectivity index (χ2v) is 7.83. The number of halogens is 2. The summed E-state index contributed by atoms with van der Waals surface area (Å²) < 4.78 is 5.84. The van der Waals surface area contributed by atoms with Gasteiger partial charge in [0.2, 0.25) is 0 Å². The first-order chi connectivity index (χ1) is 14.0. The van der Waals surface area contributed by atoms with Crippen LogP contribution in [0.2, 0.25) is 5.02 Å². The number of carboxylic acid groups (broad SMARTS) is 1. The van der Waals surface area contributed by atoms with Crippen molar-refractivity contribution in [3.63, 3.8) is 0 Å². The molecule has 2 N–H and O–H groups in total. The molecule has 0 bridgehead atoms. The number of carbonyl (C=O) groups excluding carboxylic acids is 1. The van der Waals surface area contributed by atoms with Crippen LogP contribution in [0.5, 0.6) is 0 Å². The van der Waals surface area contributed by atoms with E-state index < -0.39 is 12.1 Å². The molecule has 0 radical (unpaired) electrons. The zero-order valence-corrected chi connectivity index (χ0v) is 17.3. The molecule has 0 atom stereocenters. The lowest BCUT2D eigenvalue weighted by molar-refractivity contribution is 0.0697. The number of aromatic carboxylic acids is 1. The maximum absolute atomic E-state index is 12.4. The molecule has 0 saturated heterocycles. The van der Waals surface area contributed by atoms with Crippen molar-refractivity contribution in [3.8, 4) is 11.1 Å². The van der Waals surface area contributed by atoms with E-state index >= 15 is 0 Å². The van der Waals surface area contributed by atoms with Gasteiger partial charge in [0, 0.05) is 10.4 Å². The van der Waals surface area contributed by atoms with E-state index in [0.717, 1.165) is 22.3 Å². The van der Waals surface area contributed by atoms with E-state index in [9.17, 15) is 9.59 Å². The number of carboxylic acids is 1. The number of hydrogen-bond donors (Lipinski definition) is 2. The molecule has 1 aliphatic rings. The van der Waals surface area contributed by atoms with Gasteiger partial charge in [-0.1, -0.05) is 60.1 Å². The van der Waals surface area contributed by atoms with E-state index in [4.69, 9.17) is 21.4 Å². The summed E-state index contributed by atoms with van der Waals surface area (Å²) in [6.45, 7) is 0.169. The zero-order chi connectivity index (χ0) is 20.5. The Morgan fingerprint density at radius 3 is 2.17 bits per heavy atom. The fourth-order valence-electron chi connectivity index (χ4n) is 3.55. The fraction of sp³-hybridized carbons (Fsp3) is 0.0909. The Labute approximate surface area is 180 Å². The molecule has 0 heterocycles. The average Bonchev–Trinajstić information content (AvgIpc) is 3.03. The molecule has 4 rings (SSSR count). The first-order valence-corrected chi connectivity index (χ1v) is 9.97. The van der Waals surface area contributed by atoms with Gasteiger partial charge in [0.15, 0.2) is 0 Å².